The van der Waals surface area contributed by atoms with Crippen LogP contribution in [0.5, 0.6) is 0 Å². The van der Waals surface area contributed by atoms with Crippen molar-refractivity contribution >= 4 is 16.6 Å². The van der Waals surface area contributed by atoms with Gasteiger partial charge in [-0.25, -0.2) is 0 Å². The highest BCUT2D eigenvalue weighted by molar-refractivity contribution is 5.92. The number of hydrogen-bond acceptors (Lipinski definition) is 2. The number of piperidine rings is 1. The number of anilines is 1. The molecule has 0 radical (unpaired) electrons. The average molecular weight is 240 g/mol. The van der Waals surface area contributed by atoms with Crippen molar-refractivity contribution in [2.75, 3.05) is 18.0 Å². The van der Waals surface area contributed by atoms with Gasteiger partial charge in [0.1, 0.15) is 0 Å². The Bertz CT molecular complexity index is 569. The molecule has 2 heteroatoms. The second-order valence-corrected chi connectivity index (χ2v) is 5.35. The minimum atomic E-state index is 1.12. The van der Waals surface area contributed by atoms with E-state index in [0.29, 0.717) is 0 Å². The topological polar surface area (TPSA) is 16.1 Å². The fourth-order valence-corrected chi connectivity index (χ4v) is 2.85. The van der Waals surface area contributed by atoms with Gasteiger partial charge in [0, 0.05) is 29.9 Å². The van der Waals surface area contributed by atoms with Crippen LogP contribution in [0.4, 0.5) is 5.69 Å². The maximum absolute atomic E-state index is 4.65. The standard InChI is InChI=1S/C16H20N2/c1-12-6-7-15-14(10-12)16(11-13(2)17-15)18-8-4-3-5-9-18/h6-7,10-11H,3-5,8-9H2,1-2H3. The molecule has 3 rings (SSSR count). The minimum absolute atomic E-state index is 1.12. The molecule has 2 nitrogen and oxygen atoms in total. The first kappa shape index (κ1) is 11.5. The summed E-state index contributed by atoms with van der Waals surface area (Å²) in [6.07, 6.45) is 4.00. The highest BCUT2D eigenvalue weighted by Crippen LogP contribution is 2.29. The van der Waals surface area contributed by atoms with Crippen molar-refractivity contribution in [3.8, 4) is 0 Å². The average Bonchev–Trinajstić information content (AvgIpc) is 2.39. The molecule has 18 heavy (non-hydrogen) atoms. The molecule has 0 amide bonds. The summed E-state index contributed by atoms with van der Waals surface area (Å²) in [4.78, 5) is 7.17. The van der Waals surface area contributed by atoms with Crippen molar-refractivity contribution in [3.63, 3.8) is 0 Å². The molecule has 1 aromatic carbocycles. The van der Waals surface area contributed by atoms with Crippen molar-refractivity contribution < 1.29 is 0 Å². The summed E-state index contributed by atoms with van der Waals surface area (Å²) >= 11 is 0. The van der Waals surface area contributed by atoms with Crippen LogP contribution in [-0.4, -0.2) is 18.1 Å². The van der Waals surface area contributed by atoms with Crippen LogP contribution in [0.3, 0.4) is 0 Å². The van der Waals surface area contributed by atoms with Crippen molar-refractivity contribution in [2.45, 2.75) is 33.1 Å². The first-order valence-electron chi connectivity index (χ1n) is 6.87. The van der Waals surface area contributed by atoms with Crippen LogP contribution in [0.15, 0.2) is 24.3 Å². The molecule has 0 aliphatic carbocycles. The molecular weight excluding hydrogens is 220 g/mol. The third-order valence-electron chi connectivity index (χ3n) is 3.77. The molecule has 0 saturated carbocycles. The highest BCUT2D eigenvalue weighted by Gasteiger charge is 2.14. The fourth-order valence-electron chi connectivity index (χ4n) is 2.85. The summed E-state index contributed by atoms with van der Waals surface area (Å²) in [7, 11) is 0. The van der Waals surface area contributed by atoms with E-state index in [4.69, 9.17) is 0 Å². The molecule has 0 unspecified atom stereocenters. The van der Waals surface area contributed by atoms with E-state index in [2.05, 4.69) is 48.0 Å². The lowest BCUT2D eigenvalue weighted by molar-refractivity contribution is 0.579. The molecule has 1 aliphatic heterocycles. The van der Waals surface area contributed by atoms with Gasteiger partial charge in [0.15, 0.2) is 0 Å². The van der Waals surface area contributed by atoms with Gasteiger partial charge in [-0.2, -0.15) is 0 Å². The smallest absolute Gasteiger partial charge is 0.0726 e. The molecular formula is C16H20N2. The van der Waals surface area contributed by atoms with Gasteiger partial charge in [-0.1, -0.05) is 11.6 Å². The lowest BCUT2D eigenvalue weighted by Crippen LogP contribution is -2.29. The summed E-state index contributed by atoms with van der Waals surface area (Å²) in [5, 5.41) is 1.31. The number of nitrogens with zero attached hydrogens (tertiary/aromatic N) is 2. The van der Waals surface area contributed by atoms with Crippen LogP contribution in [-0.2, 0) is 0 Å². The number of aryl methyl sites for hydroxylation is 2. The molecule has 1 fully saturated rings. The Morgan fingerprint density at radius 3 is 2.56 bits per heavy atom. The zero-order chi connectivity index (χ0) is 12.5. The summed E-state index contributed by atoms with van der Waals surface area (Å²) in [6.45, 7) is 6.62. The number of aromatic nitrogens is 1. The predicted octanol–water partition coefficient (Wildman–Crippen LogP) is 3.84. The SMILES string of the molecule is Cc1ccc2nc(C)cc(N3CCCCC3)c2c1. The minimum Gasteiger partial charge on any atom is -0.371 e. The van der Waals surface area contributed by atoms with Gasteiger partial charge >= 0.3 is 0 Å². The van der Waals surface area contributed by atoms with Crippen molar-refractivity contribution in [1.29, 1.82) is 0 Å². The van der Waals surface area contributed by atoms with Crippen LogP contribution in [0.2, 0.25) is 0 Å². The Balaban J connectivity index is 2.16. The monoisotopic (exact) mass is 240 g/mol. The second-order valence-electron chi connectivity index (χ2n) is 5.35. The zero-order valence-corrected chi connectivity index (χ0v) is 11.2. The van der Waals surface area contributed by atoms with Crippen molar-refractivity contribution in [3.05, 3.63) is 35.5 Å². The molecule has 0 spiro atoms. The third kappa shape index (κ3) is 2.07. The predicted molar refractivity (Wildman–Crippen MR) is 77.3 cm³/mol. The van der Waals surface area contributed by atoms with E-state index in [1.807, 2.05) is 0 Å². The maximum atomic E-state index is 4.65. The number of fused-ring (bicyclic) bond motifs is 1. The van der Waals surface area contributed by atoms with E-state index in [-0.39, 0.29) is 0 Å². The molecule has 0 atom stereocenters. The molecule has 1 aromatic heterocycles. The molecule has 0 N–H and O–H groups in total. The molecule has 0 bridgehead atoms. The number of hydrogen-bond donors (Lipinski definition) is 0. The second kappa shape index (κ2) is 4.60. The van der Waals surface area contributed by atoms with Crippen LogP contribution in [0, 0.1) is 13.8 Å². The van der Waals surface area contributed by atoms with Crippen LogP contribution in [0.1, 0.15) is 30.5 Å². The summed E-state index contributed by atoms with van der Waals surface area (Å²) < 4.78 is 0. The van der Waals surface area contributed by atoms with Gasteiger partial charge in [-0.15, -0.1) is 0 Å². The number of benzene rings is 1. The Morgan fingerprint density at radius 1 is 1.00 bits per heavy atom. The molecule has 1 saturated heterocycles. The van der Waals surface area contributed by atoms with Gasteiger partial charge in [-0.05, 0) is 51.3 Å². The molecule has 2 heterocycles. The van der Waals surface area contributed by atoms with E-state index < -0.39 is 0 Å². The largest absolute Gasteiger partial charge is 0.371 e. The number of rotatable bonds is 1. The molecule has 2 aromatic rings. The van der Waals surface area contributed by atoms with Gasteiger partial charge in [0.2, 0.25) is 0 Å². The molecule has 1 aliphatic rings. The maximum Gasteiger partial charge on any atom is 0.0726 e. The Hall–Kier alpha value is -1.57. The van der Waals surface area contributed by atoms with Crippen LogP contribution in [0.25, 0.3) is 10.9 Å². The van der Waals surface area contributed by atoms with Gasteiger partial charge < -0.3 is 4.90 Å². The first-order valence-corrected chi connectivity index (χ1v) is 6.87. The van der Waals surface area contributed by atoms with Crippen LogP contribution < -0.4 is 4.90 Å². The lowest BCUT2D eigenvalue weighted by Gasteiger charge is -2.30. The van der Waals surface area contributed by atoms with E-state index in [0.717, 1.165) is 11.2 Å². The zero-order valence-electron chi connectivity index (χ0n) is 11.2. The van der Waals surface area contributed by atoms with Crippen molar-refractivity contribution in [1.82, 2.24) is 4.98 Å². The Labute approximate surface area is 109 Å². The Morgan fingerprint density at radius 2 is 1.78 bits per heavy atom. The number of pyridine rings is 1. The highest BCUT2D eigenvalue weighted by atomic mass is 15.1. The van der Waals surface area contributed by atoms with Crippen LogP contribution >= 0.6 is 0 Å². The summed E-state index contributed by atoms with van der Waals surface area (Å²) in [6, 6.07) is 8.80. The quantitative estimate of drug-likeness (QED) is 0.753. The summed E-state index contributed by atoms with van der Waals surface area (Å²) in [5.41, 5.74) is 4.93. The van der Waals surface area contributed by atoms with Gasteiger partial charge in [0.25, 0.3) is 0 Å². The van der Waals surface area contributed by atoms with E-state index in [1.54, 1.807) is 0 Å². The first-order chi connectivity index (χ1) is 8.74. The normalized spacial score (nSPS) is 16.2. The van der Waals surface area contributed by atoms with E-state index >= 15 is 0 Å². The lowest BCUT2D eigenvalue weighted by atomic mass is 10.1. The fraction of sp³-hybridized carbons (Fsp3) is 0.438. The van der Waals surface area contributed by atoms with Gasteiger partial charge in [-0.3, -0.25) is 4.98 Å². The molecule has 94 valence electrons. The van der Waals surface area contributed by atoms with E-state index in [1.165, 1.54) is 49.0 Å². The van der Waals surface area contributed by atoms with E-state index in [9.17, 15) is 0 Å². The Kier molecular flexibility index (Phi) is 2.94. The van der Waals surface area contributed by atoms with Crippen molar-refractivity contribution in [2.24, 2.45) is 0 Å². The van der Waals surface area contributed by atoms with Gasteiger partial charge in [0.05, 0.1) is 5.52 Å². The third-order valence-corrected chi connectivity index (χ3v) is 3.77. The summed E-state index contributed by atoms with van der Waals surface area (Å²) in [5.74, 6) is 0.